The number of carbonyl (C=O) groups excluding carboxylic acids is 2. The average molecular weight is 312 g/mol. The van der Waals surface area contributed by atoms with Crippen molar-refractivity contribution in [2.24, 2.45) is 0 Å². The standard InChI is InChI=1S/C18H16O5/c1-22-15-9-7-13(8-10-15)17(20)11-16(19)12-3-5-14(6-4-12)18(21)23-2/h3-11,20H,1-2H3/b17-11-. The Hall–Kier alpha value is -3.08. The van der Waals surface area contributed by atoms with Gasteiger partial charge in [-0.1, -0.05) is 12.1 Å². The molecule has 0 aromatic heterocycles. The Labute approximate surface area is 133 Å². The molecule has 2 aromatic rings. The van der Waals surface area contributed by atoms with Crippen LogP contribution in [0.5, 0.6) is 5.75 Å². The fourth-order valence-corrected chi connectivity index (χ4v) is 1.94. The molecule has 1 N–H and O–H groups in total. The maximum atomic E-state index is 12.1. The quantitative estimate of drug-likeness (QED) is 0.397. The first kappa shape index (κ1) is 16.3. The molecule has 0 bridgehead atoms. The molecule has 23 heavy (non-hydrogen) atoms. The van der Waals surface area contributed by atoms with E-state index in [-0.39, 0.29) is 11.5 Å². The topological polar surface area (TPSA) is 72.8 Å². The molecule has 0 amide bonds. The van der Waals surface area contributed by atoms with Gasteiger partial charge in [-0.3, -0.25) is 4.79 Å². The molecule has 0 fully saturated rings. The van der Waals surface area contributed by atoms with Crippen molar-refractivity contribution in [2.75, 3.05) is 14.2 Å². The molecule has 0 aliphatic rings. The SMILES string of the molecule is COC(=O)c1ccc(C(=O)/C=C(\O)c2ccc(OC)cc2)cc1. The van der Waals surface area contributed by atoms with Crippen LogP contribution >= 0.6 is 0 Å². The van der Waals surface area contributed by atoms with Crippen LogP contribution < -0.4 is 4.74 Å². The summed E-state index contributed by atoms with van der Waals surface area (Å²) >= 11 is 0. The molecule has 0 saturated carbocycles. The molecule has 0 heterocycles. The number of aliphatic hydroxyl groups excluding tert-OH is 1. The Morgan fingerprint density at radius 2 is 1.39 bits per heavy atom. The molecule has 5 nitrogen and oxygen atoms in total. The highest BCUT2D eigenvalue weighted by Gasteiger charge is 2.09. The molecular formula is C18H16O5. The van der Waals surface area contributed by atoms with Gasteiger partial charge < -0.3 is 14.6 Å². The highest BCUT2D eigenvalue weighted by molar-refractivity contribution is 6.08. The van der Waals surface area contributed by atoms with Crippen LogP contribution in [0, 0.1) is 0 Å². The minimum absolute atomic E-state index is 0.144. The summed E-state index contributed by atoms with van der Waals surface area (Å²) < 4.78 is 9.63. The summed E-state index contributed by atoms with van der Waals surface area (Å²) in [6, 6.07) is 12.7. The van der Waals surface area contributed by atoms with Crippen molar-refractivity contribution >= 4 is 17.5 Å². The van der Waals surface area contributed by atoms with E-state index in [1.165, 1.54) is 31.4 Å². The van der Waals surface area contributed by atoms with Crippen molar-refractivity contribution in [3.8, 4) is 5.75 Å². The van der Waals surface area contributed by atoms with Crippen LogP contribution in [0.25, 0.3) is 5.76 Å². The van der Waals surface area contributed by atoms with Crippen molar-refractivity contribution in [1.82, 2.24) is 0 Å². The summed E-state index contributed by atoms with van der Waals surface area (Å²) in [4.78, 5) is 23.5. The van der Waals surface area contributed by atoms with Gasteiger partial charge in [-0.15, -0.1) is 0 Å². The van der Waals surface area contributed by atoms with Crippen LogP contribution in [-0.2, 0) is 4.74 Å². The van der Waals surface area contributed by atoms with Gasteiger partial charge in [-0.2, -0.15) is 0 Å². The van der Waals surface area contributed by atoms with E-state index in [4.69, 9.17) is 4.74 Å². The fourth-order valence-electron chi connectivity index (χ4n) is 1.94. The van der Waals surface area contributed by atoms with Crippen LogP contribution in [0.3, 0.4) is 0 Å². The highest BCUT2D eigenvalue weighted by Crippen LogP contribution is 2.17. The van der Waals surface area contributed by atoms with Crippen molar-refractivity contribution in [3.63, 3.8) is 0 Å². The van der Waals surface area contributed by atoms with E-state index in [1.807, 2.05) is 0 Å². The Morgan fingerprint density at radius 1 is 0.870 bits per heavy atom. The number of esters is 1. The van der Waals surface area contributed by atoms with Gasteiger partial charge in [0.25, 0.3) is 0 Å². The van der Waals surface area contributed by atoms with Gasteiger partial charge in [0.2, 0.25) is 0 Å². The molecule has 0 unspecified atom stereocenters. The molecular weight excluding hydrogens is 296 g/mol. The number of aliphatic hydroxyl groups is 1. The van der Waals surface area contributed by atoms with Crippen LogP contribution in [0.2, 0.25) is 0 Å². The molecule has 0 saturated heterocycles. The van der Waals surface area contributed by atoms with Crippen LogP contribution in [0.1, 0.15) is 26.3 Å². The molecule has 0 aliphatic heterocycles. The number of carbonyl (C=O) groups is 2. The third-order valence-corrected chi connectivity index (χ3v) is 3.24. The van der Waals surface area contributed by atoms with Crippen molar-refractivity contribution < 1.29 is 24.2 Å². The predicted octanol–water partition coefficient (Wildman–Crippen LogP) is 3.26. The lowest BCUT2D eigenvalue weighted by molar-refractivity contribution is 0.0600. The summed E-state index contributed by atoms with van der Waals surface area (Å²) in [7, 11) is 2.84. The van der Waals surface area contributed by atoms with E-state index in [1.54, 1.807) is 31.4 Å². The normalized spacial score (nSPS) is 11.0. The van der Waals surface area contributed by atoms with Crippen molar-refractivity contribution in [3.05, 3.63) is 71.3 Å². The van der Waals surface area contributed by atoms with Gasteiger partial charge in [-0.25, -0.2) is 4.79 Å². The zero-order valence-corrected chi connectivity index (χ0v) is 12.8. The maximum Gasteiger partial charge on any atom is 0.337 e. The fraction of sp³-hybridized carbons (Fsp3) is 0.111. The zero-order valence-electron chi connectivity index (χ0n) is 12.8. The molecule has 118 valence electrons. The summed E-state index contributed by atoms with van der Waals surface area (Å²) in [6.45, 7) is 0. The number of rotatable bonds is 5. The summed E-state index contributed by atoms with van der Waals surface area (Å²) in [5.74, 6) is -0.323. The Balaban J connectivity index is 2.17. The summed E-state index contributed by atoms with van der Waals surface area (Å²) in [6.07, 6.45) is 1.13. The Morgan fingerprint density at radius 3 is 1.91 bits per heavy atom. The van der Waals surface area contributed by atoms with E-state index < -0.39 is 5.97 Å². The van der Waals surface area contributed by atoms with E-state index in [0.29, 0.717) is 22.4 Å². The predicted molar refractivity (Wildman–Crippen MR) is 85.7 cm³/mol. The summed E-state index contributed by atoms with van der Waals surface area (Å²) in [5, 5.41) is 10.0. The van der Waals surface area contributed by atoms with Gasteiger partial charge in [0.1, 0.15) is 11.5 Å². The largest absolute Gasteiger partial charge is 0.507 e. The van der Waals surface area contributed by atoms with E-state index in [0.717, 1.165) is 6.08 Å². The second-order valence-electron chi connectivity index (χ2n) is 4.69. The van der Waals surface area contributed by atoms with Crippen LogP contribution in [0.15, 0.2) is 54.6 Å². The van der Waals surface area contributed by atoms with E-state index in [9.17, 15) is 14.7 Å². The lowest BCUT2D eigenvalue weighted by Crippen LogP contribution is -2.02. The van der Waals surface area contributed by atoms with Gasteiger partial charge in [0, 0.05) is 17.2 Å². The minimum atomic E-state index is -0.472. The second kappa shape index (κ2) is 7.26. The zero-order chi connectivity index (χ0) is 16.8. The monoisotopic (exact) mass is 312 g/mol. The number of ketones is 1. The van der Waals surface area contributed by atoms with Gasteiger partial charge in [-0.05, 0) is 36.4 Å². The molecule has 0 atom stereocenters. The lowest BCUT2D eigenvalue weighted by atomic mass is 10.1. The summed E-state index contributed by atoms with van der Waals surface area (Å²) in [5.41, 5.74) is 1.22. The minimum Gasteiger partial charge on any atom is -0.507 e. The second-order valence-corrected chi connectivity index (χ2v) is 4.69. The molecule has 2 rings (SSSR count). The van der Waals surface area contributed by atoms with E-state index in [2.05, 4.69) is 4.74 Å². The van der Waals surface area contributed by atoms with E-state index >= 15 is 0 Å². The first-order valence-corrected chi connectivity index (χ1v) is 6.83. The van der Waals surface area contributed by atoms with Crippen LogP contribution in [0.4, 0.5) is 0 Å². The van der Waals surface area contributed by atoms with Crippen LogP contribution in [-0.4, -0.2) is 31.1 Å². The number of ether oxygens (including phenoxy) is 2. The first-order chi connectivity index (χ1) is 11.0. The lowest BCUT2D eigenvalue weighted by Gasteiger charge is -2.03. The smallest absolute Gasteiger partial charge is 0.337 e. The van der Waals surface area contributed by atoms with Crippen molar-refractivity contribution in [1.29, 1.82) is 0 Å². The molecule has 0 spiro atoms. The number of hydrogen-bond acceptors (Lipinski definition) is 5. The molecule has 0 aliphatic carbocycles. The van der Waals surface area contributed by atoms with Gasteiger partial charge in [0.15, 0.2) is 5.78 Å². The average Bonchev–Trinajstić information content (AvgIpc) is 2.61. The van der Waals surface area contributed by atoms with Gasteiger partial charge >= 0.3 is 5.97 Å². The third kappa shape index (κ3) is 3.97. The number of methoxy groups -OCH3 is 2. The first-order valence-electron chi connectivity index (χ1n) is 6.83. The maximum absolute atomic E-state index is 12.1. The van der Waals surface area contributed by atoms with Gasteiger partial charge in [0.05, 0.1) is 19.8 Å². The Kier molecular flexibility index (Phi) is 5.15. The Bertz CT molecular complexity index is 727. The molecule has 0 radical (unpaired) electrons. The third-order valence-electron chi connectivity index (χ3n) is 3.24. The number of benzene rings is 2. The molecule has 2 aromatic carbocycles. The number of hydrogen-bond donors (Lipinski definition) is 1. The number of allylic oxidation sites excluding steroid dienone is 1. The highest BCUT2D eigenvalue weighted by atomic mass is 16.5. The van der Waals surface area contributed by atoms with Crippen molar-refractivity contribution in [2.45, 2.75) is 0 Å². The molecule has 5 heteroatoms.